The first-order chi connectivity index (χ1) is 7.31. The van der Waals surface area contributed by atoms with Gasteiger partial charge < -0.3 is 14.9 Å². The van der Waals surface area contributed by atoms with Gasteiger partial charge in [0.15, 0.2) is 0 Å². The Balaban J connectivity index is 2.06. The van der Waals surface area contributed by atoms with Crippen LogP contribution in [0, 0.1) is 0 Å². The number of hydrogen-bond acceptors (Lipinski definition) is 4. The van der Waals surface area contributed by atoms with Gasteiger partial charge in [-0.15, -0.1) is 0 Å². The van der Waals surface area contributed by atoms with Crippen molar-refractivity contribution in [3.8, 4) is 0 Å². The predicted molar refractivity (Wildman–Crippen MR) is 57.5 cm³/mol. The van der Waals surface area contributed by atoms with E-state index in [-0.39, 0.29) is 6.04 Å². The van der Waals surface area contributed by atoms with E-state index in [0.717, 1.165) is 25.3 Å². The van der Waals surface area contributed by atoms with Crippen molar-refractivity contribution in [2.24, 2.45) is 5.73 Å². The summed E-state index contributed by atoms with van der Waals surface area (Å²) in [6, 6.07) is 2.24. The van der Waals surface area contributed by atoms with Gasteiger partial charge in [-0.2, -0.15) is 0 Å². The third-order valence-electron chi connectivity index (χ3n) is 2.86. The molecule has 2 rings (SSSR count). The molecular formula is C11H18N2O2. The Morgan fingerprint density at radius 3 is 3.13 bits per heavy atom. The molecule has 4 nitrogen and oxygen atoms in total. The lowest BCUT2D eigenvalue weighted by molar-refractivity contribution is -0.0333. The van der Waals surface area contributed by atoms with Gasteiger partial charge in [-0.1, -0.05) is 0 Å². The van der Waals surface area contributed by atoms with Gasteiger partial charge in [-0.25, -0.2) is 0 Å². The van der Waals surface area contributed by atoms with Crippen LogP contribution in [0.2, 0.25) is 0 Å². The zero-order chi connectivity index (χ0) is 10.7. The highest BCUT2D eigenvalue weighted by Crippen LogP contribution is 2.22. The standard InChI is InChI=1S/C11H18N2O2/c1-9-7-13(3-5-15-9)11(6-12)10-2-4-14-8-10/h2,4,8-9,11H,3,5-7,12H2,1H3. The minimum absolute atomic E-state index is 0.259. The number of furan rings is 1. The quantitative estimate of drug-likeness (QED) is 0.808. The zero-order valence-corrected chi connectivity index (χ0v) is 9.06. The summed E-state index contributed by atoms with van der Waals surface area (Å²) in [5, 5.41) is 0. The summed E-state index contributed by atoms with van der Waals surface area (Å²) in [5.74, 6) is 0. The molecule has 0 saturated carbocycles. The molecule has 1 aromatic rings. The molecular weight excluding hydrogens is 192 g/mol. The average Bonchev–Trinajstić information content (AvgIpc) is 2.72. The van der Waals surface area contributed by atoms with Gasteiger partial charge >= 0.3 is 0 Å². The van der Waals surface area contributed by atoms with Crippen molar-refractivity contribution < 1.29 is 9.15 Å². The van der Waals surface area contributed by atoms with Crippen LogP contribution in [0.3, 0.4) is 0 Å². The Morgan fingerprint density at radius 1 is 1.67 bits per heavy atom. The molecule has 0 bridgehead atoms. The van der Waals surface area contributed by atoms with Crippen LogP contribution in [-0.4, -0.2) is 37.2 Å². The Kier molecular flexibility index (Phi) is 3.41. The molecule has 2 heterocycles. The number of ether oxygens (including phenoxy) is 1. The van der Waals surface area contributed by atoms with Crippen LogP contribution in [0.15, 0.2) is 23.0 Å². The normalized spacial score (nSPS) is 25.3. The van der Waals surface area contributed by atoms with E-state index in [1.807, 2.05) is 6.07 Å². The van der Waals surface area contributed by atoms with Gasteiger partial charge in [0.1, 0.15) is 0 Å². The van der Waals surface area contributed by atoms with Crippen molar-refractivity contribution in [2.45, 2.75) is 19.1 Å². The summed E-state index contributed by atoms with van der Waals surface area (Å²) in [5.41, 5.74) is 6.98. The van der Waals surface area contributed by atoms with Crippen LogP contribution in [0.4, 0.5) is 0 Å². The fourth-order valence-electron chi connectivity index (χ4n) is 2.09. The van der Waals surface area contributed by atoms with Gasteiger partial charge in [-0.3, -0.25) is 4.90 Å². The molecule has 0 spiro atoms. The molecule has 0 radical (unpaired) electrons. The van der Waals surface area contributed by atoms with Crippen molar-refractivity contribution in [1.29, 1.82) is 0 Å². The SMILES string of the molecule is CC1CN(C(CN)c2ccoc2)CCO1. The Labute approximate surface area is 90.0 Å². The summed E-state index contributed by atoms with van der Waals surface area (Å²) >= 11 is 0. The van der Waals surface area contributed by atoms with Crippen molar-refractivity contribution in [2.75, 3.05) is 26.2 Å². The van der Waals surface area contributed by atoms with Crippen LogP contribution in [0.1, 0.15) is 18.5 Å². The lowest BCUT2D eigenvalue weighted by Crippen LogP contribution is -2.45. The van der Waals surface area contributed by atoms with Gasteiger partial charge in [0, 0.05) is 25.2 Å². The van der Waals surface area contributed by atoms with Gasteiger partial charge in [0.05, 0.1) is 31.3 Å². The van der Waals surface area contributed by atoms with Gasteiger partial charge in [0.25, 0.3) is 0 Å². The molecule has 4 heteroatoms. The molecule has 15 heavy (non-hydrogen) atoms. The van der Waals surface area contributed by atoms with E-state index >= 15 is 0 Å². The number of morpholine rings is 1. The van der Waals surface area contributed by atoms with Crippen LogP contribution >= 0.6 is 0 Å². The first kappa shape index (κ1) is 10.7. The smallest absolute Gasteiger partial charge is 0.0950 e. The van der Waals surface area contributed by atoms with Gasteiger partial charge in [-0.05, 0) is 13.0 Å². The van der Waals surface area contributed by atoms with Crippen molar-refractivity contribution >= 4 is 0 Å². The molecule has 1 aliphatic heterocycles. The molecule has 2 unspecified atom stereocenters. The summed E-state index contributed by atoms with van der Waals surface area (Å²) in [6.07, 6.45) is 3.76. The lowest BCUT2D eigenvalue weighted by atomic mass is 10.1. The monoisotopic (exact) mass is 210 g/mol. The molecule has 2 atom stereocenters. The Bertz CT molecular complexity index is 287. The zero-order valence-electron chi connectivity index (χ0n) is 9.06. The molecule has 1 aromatic heterocycles. The second-order valence-corrected chi connectivity index (χ2v) is 3.98. The molecule has 0 amide bonds. The lowest BCUT2D eigenvalue weighted by Gasteiger charge is -2.36. The van der Waals surface area contributed by atoms with E-state index in [0.29, 0.717) is 12.6 Å². The van der Waals surface area contributed by atoms with Crippen LogP contribution < -0.4 is 5.73 Å². The Morgan fingerprint density at radius 2 is 2.53 bits per heavy atom. The minimum Gasteiger partial charge on any atom is -0.472 e. The number of nitrogens with two attached hydrogens (primary N) is 1. The molecule has 2 N–H and O–H groups in total. The van der Waals surface area contributed by atoms with Crippen molar-refractivity contribution in [3.63, 3.8) is 0 Å². The van der Waals surface area contributed by atoms with Crippen molar-refractivity contribution in [3.05, 3.63) is 24.2 Å². The van der Waals surface area contributed by atoms with E-state index < -0.39 is 0 Å². The van der Waals surface area contributed by atoms with Crippen LogP contribution in [0.5, 0.6) is 0 Å². The predicted octanol–water partition coefficient (Wildman–Crippen LogP) is 1.00. The molecule has 1 saturated heterocycles. The minimum atomic E-state index is 0.259. The van der Waals surface area contributed by atoms with Crippen LogP contribution in [0.25, 0.3) is 0 Å². The van der Waals surface area contributed by atoms with E-state index in [1.54, 1.807) is 12.5 Å². The third-order valence-corrected chi connectivity index (χ3v) is 2.86. The molecule has 1 aliphatic rings. The largest absolute Gasteiger partial charge is 0.472 e. The fraction of sp³-hybridized carbons (Fsp3) is 0.636. The maximum atomic E-state index is 5.82. The highest BCUT2D eigenvalue weighted by Gasteiger charge is 2.24. The highest BCUT2D eigenvalue weighted by molar-refractivity contribution is 5.12. The van der Waals surface area contributed by atoms with E-state index in [1.165, 1.54) is 0 Å². The summed E-state index contributed by atoms with van der Waals surface area (Å²) in [7, 11) is 0. The molecule has 0 aromatic carbocycles. The van der Waals surface area contributed by atoms with Crippen LogP contribution in [-0.2, 0) is 4.74 Å². The first-order valence-electron chi connectivity index (χ1n) is 5.39. The topological polar surface area (TPSA) is 51.6 Å². The molecule has 1 fully saturated rings. The second kappa shape index (κ2) is 4.79. The van der Waals surface area contributed by atoms with E-state index in [2.05, 4.69) is 11.8 Å². The van der Waals surface area contributed by atoms with E-state index in [4.69, 9.17) is 14.9 Å². The molecule has 84 valence electrons. The fourth-order valence-corrected chi connectivity index (χ4v) is 2.09. The average molecular weight is 210 g/mol. The maximum absolute atomic E-state index is 5.82. The summed E-state index contributed by atoms with van der Waals surface area (Å²) in [4.78, 5) is 2.36. The summed E-state index contributed by atoms with van der Waals surface area (Å²) in [6.45, 7) is 5.38. The number of nitrogens with zero attached hydrogens (tertiary/aromatic N) is 1. The number of rotatable bonds is 3. The maximum Gasteiger partial charge on any atom is 0.0950 e. The molecule has 0 aliphatic carbocycles. The summed E-state index contributed by atoms with van der Waals surface area (Å²) < 4.78 is 10.6. The van der Waals surface area contributed by atoms with Gasteiger partial charge in [0.2, 0.25) is 0 Å². The Hall–Kier alpha value is -0.840. The first-order valence-corrected chi connectivity index (χ1v) is 5.39. The van der Waals surface area contributed by atoms with Crippen molar-refractivity contribution in [1.82, 2.24) is 4.90 Å². The third kappa shape index (κ3) is 2.40. The number of hydrogen-bond donors (Lipinski definition) is 1. The second-order valence-electron chi connectivity index (χ2n) is 3.98. The van der Waals surface area contributed by atoms with E-state index in [9.17, 15) is 0 Å². The highest BCUT2D eigenvalue weighted by atomic mass is 16.5.